The molecule has 0 unspecified atom stereocenters. The van der Waals surface area contributed by atoms with Gasteiger partial charge < -0.3 is 14.5 Å². The first kappa shape index (κ1) is 20.1. The van der Waals surface area contributed by atoms with Crippen LogP contribution in [0.15, 0.2) is 33.4 Å². The zero-order valence-electron chi connectivity index (χ0n) is 15.5. The summed E-state index contributed by atoms with van der Waals surface area (Å²) in [5.74, 6) is -0.0938. The first-order valence-corrected chi connectivity index (χ1v) is 10.6. The third kappa shape index (κ3) is 3.54. The van der Waals surface area contributed by atoms with Gasteiger partial charge in [-0.1, -0.05) is 0 Å². The SMILES string of the molecule is CNC(=O)c1c(-c2cnc(OC)nc2)oc2cc(N(C)S(C)(=O)=O)c(Br)cc12. The van der Waals surface area contributed by atoms with Gasteiger partial charge in [0.05, 0.1) is 30.2 Å². The predicted octanol–water partition coefficient (Wildman–Crippen LogP) is 2.42. The van der Waals surface area contributed by atoms with E-state index in [-0.39, 0.29) is 17.7 Å². The number of hydrogen-bond acceptors (Lipinski definition) is 7. The number of hydrogen-bond donors (Lipinski definition) is 1. The zero-order chi connectivity index (χ0) is 20.6. The third-order valence-electron chi connectivity index (χ3n) is 4.12. The molecule has 0 fully saturated rings. The standard InChI is InChI=1S/C17H17BrN4O5S/c1-19-16(23)14-10-5-11(18)12(22(2)28(4,24)25)6-13(10)27-15(14)9-7-20-17(26-3)21-8-9/h5-8H,1-4H3,(H,19,23). The van der Waals surface area contributed by atoms with E-state index in [1.54, 1.807) is 12.1 Å². The molecule has 2 aromatic heterocycles. The monoisotopic (exact) mass is 468 g/mol. The predicted molar refractivity (Wildman–Crippen MR) is 108 cm³/mol. The van der Waals surface area contributed by atoms with Crippen LogP contribution in [0.25, 0.3) is 22.3 Å². The van der Waals surface area contributed by atoms with Gasteiger partial charge in [0, 0.05) is 42.4 Å². The second kappa shape index (κ2) is 7.40. The molecule has 0 spiro atoms. The van der Waals surface area contributed by atoms with Crippen LogP contribution in [0.4, 0.5) is 5.69 Å². The van der Waals surface area contributed by atoms with Crippen molar-refractivity contribution in [2.75, 3.05) is 31.8 Å². The molecule has 0 bridgehead atoms. The molecule has 0 saturated carbocycles. The van der Waals surface area contributed by atoms with Crippen LogP contribution in [0.1, 0.15) is 10.4 Å². The average molecular weight is 469 g/mol. The summed E-state index contributed by atoms with van der Waals surface area (Å²) in [4.78, 5) is 20.6. The summed E-state index contributed by atoms with van der Waals surface area (Å²) in [5.41, 5.74) is 1.49. The average Bonchev–Trinajstić information content (AvgIpc) is 3.03. The summed E-state index contributed by atoms with van der Waals surface area (Å²) >= 11 is 3.38. The Kier molecular flexibility index (Phi) is 5.31. The lowest BCUT2D eigenvalue weighted by Gasteiger charge is -2.18. The lowest BCUT2D eigenvalue weighted by atomic mass is 10.1. The van der Waals surface area contributed by atoms with Gasteiger partial charge in [-0.3, -0.25) is 9.10 Å². The largest absolute Gasteiger partial charge is 0.467 e. The van der Waals surface area contributed by atoms with Crippen LogP contribution in [0.5, 0.6) is 6.01 Å². The minimum absolute atomic E-state index is 0.182. The van der Waals surface area contributed by atoms with Crippen molar-refractivity contribution >= 4 is 48.5 Å². The normalized spacial score (nSPS) is 11.5. The molecule has 1 aromatic carbocycles. The highest BCUT2D eigenvalue weighted by Crippen LogP contribution is 2.39. The fourth-order valence-electron chi connectivity index (χ4n) is 2.62. The van der Waals surface area contributed by atoms with Crippen molar-refractivity contribution < 1.29 is 22.4 Å². The number of nitrogens with one attached hydrogen (secondary N) is 1. The second-order valence-electron chi connectivity index (χ2n) is 5.87. The highest BCUT2D eigenvalue weighted by atomic mass is 79.9. The number of sulfonamides is 1. The number of benzene rings is 1. The number of anilines is 1. The molecular weight excluding hydrogens is 452 g/mol. The molecule has 0 radical (unpaired) electrons. The molecule has 28 heavy (non-hydrogen) atoms. The molecule has 3 aromatic rings. The minimum atomic E-state index is -3.48. The van der Waals surface area contributed by atoms with E-state index in [4.69, 9.17) is 9.15 Å². The summed E-state index contributed by atoms with van der Waals surface area (Å²) in [6, 6.07) is 3.39. The molecular formula is C17H17BrN4O5S. The van der Waals surface area contributed by atoms with Crippen LogP contribution in [0, 0.1) is 0 Å². The van der Waals surface area contributed by atoms with E-state index in [1.807, 2.05) is 0 Å². The summed E-state index contributed by atoms with van der Waals surface area (Å²) in [5, 5.41) is 3.10. The molecule has 2 heterocycles. The van der Waals surface area contributed by atoms with E-state index in [9.17, 15) is 13.2 Å². The molecule has 3 rings (SSSR count). The van der Waals surface area contributed by atoms with Crippen molar-refractivity contribution in [2.24, 2.45) is 0 Å². The highest BCUT2D eigenvalue weighted by molar-refractivity contribution is 9.10. The Balaban J connectivity index is 2.27. The molecule has 0 saturated heterocycles. The van der Waals surface area contributed by atoms with Crippen LogP contribution in [0.3, 0.4) is 0 Å². The molecule has 9 nitrogen and oxygen atoms in total. The van der Waals surface area contributed by atoms with Crippen molar-refractivity contribution in [3.8, 4) is 17.3 Å². The number of carbonyl (C=O) groups excluding carboxylic acids is 1. The second-order valence-corrected chi connectivity index (χ2v) is 8.74. The number of ether oxygens (including phenoxy) is 1. The van der Waals surface area contributed by atoms with Gasteiger partial charge in [-0.05, 0) is 22.0 Å². The number of fused-ring (bicyclic) bond motifs is 1. The number of amides is 1. The van der Waals surface area contributed by atoms with Crippen LogP contribution < -0.4 is 14.4 Å². The molecule has 1 N–H and O–H groups in total. The topological polar surface area (TPSA) is 115 Å². The highest BCUT2D eigenvalue weighted by Gasteiger charge is 2.25. The Morgan fingerprint density at radius 1 is 1.29 bits per heavy atom. The van der Waals surface area contributed by atoms with E-state index < -0.39 is 10.0 Å². The fraction of sp³-hybridized carbons (Fsp3) is 0.235. The Bertz CT molecular complexity index is 1160. The molecule has 0 aliphatic rings. The van der Waals surface area contributed by atoms with E-state index in [2.05, 4.69) is 31.2 Å². The van der Waals surface area contributed by atoms with Gasteiger partial charge in [0.2, 0.25) is 10.0 Å². The van der Waals surface area contributed by atoms with Gasteiger partial charge in [-0.2, -0.15) is 0 Å². The van der Waals surface area contributed by atoms with Crippen LogP contribution >= 0.6 is 15.9 Å². The maximum absolute atomic E-state index is 12.5. The van der Waals surface area contributed by atoms with E-state index >= 15 is 0 Å². The lowest BCUT2D eigenvalue weighted by molar-refractivity contribution is 0.0964. The van der Waals surface area contributed by atoms with Crippen molar-refractivity contribution in [3.05, 3.63) is 34.6 Å². The van der Waals surface area contributed by atoms with Gasteiger partial charge >= 0.3 is 6.01 Å². The lowest BCUT2D eigenvalue weighted by Crippen LogP contribution is -2.25. The summed E-state index contributed by atoms with van der Waals surface area (Å²) in [6.07, 6.45) is 4.06. The van der Waals surface area contributed by atoms with Crippen LogP contribution in [0.2, 0.25) is 0 Å². The molecule has 148 valence electrons. The fourth-order valence-corrected chi connectivity index (χ4v) is 3.85. The Morgan fingerprint density at radius 3 is 2.46 bits per heavy atom. The van der Waals surface area contributed by atoms with Gasteiger partial charge in [0.25, 0.3) is 5.91 Å². The zero-order valence-corrected chi connectivity index (χ0v) is 17.9. The van der Waals surface area contributed by atoms with E-state index in [1.165, 1.54) is 33.6 Å². The van der Waals surface area contributed by atoms with Crippen molar-refractivity contribution in [1.29, 1.82) is 0 Å². The van der Waals surface area contributed by atoms with Crippen LogP contribution in [-0.4, -0.2) is 51.8 Å². The van der Waals surface area contributed by atoms with Crippen molar-refractivity contribution in [1.82, 2.24) is 15.3 Å². The molecule has 1 amide bonds. The van der Waals surface area contributed by atoms with Gasteiger partial charge in [0.1, 0.15) is 5.58 Å². The Labute approximate surface area is 169 Å². The number of carbonyl (C=O) groups is 1. The van der Waals surface area contributed by atoms with Crippen molar-refractivity contribution in [3.63, 3.8) is 0 Å². The number of halogens is 1. The van der Waals surface area contributed by atoms with Gasteiger partial charge in [-0.25, -0.2) is 18.4 Å². The first-order chi connectivity index (χ1) is 13.2. The molecule has 11 heteroatoms. The molecule has 0 aliphatic heterocycles. The Hall–Kier alpha value is -2.66. The maximum atomic E-state index is 12.5. The number of methoxy groups -OCH3 is 1. The smallest absolute Gasteiger partial charge is 0.316 e. The number of aromatic nitrogens is 2. The summed E-state index contributed by atoms with van der Waals surface area (Å²) < 4.78 is 36.3. The van der Waals surface area contributed by atoms with Crippen LogP contribution in [-0.2, 0) is 10.0 Å². The summed E-state index contributed by atoms with van der Waals surface area (Å²) in [7, 11) is 0.908. The number of rotatable bonds is 5. The maximum Gasteiger partial charge on any atom is 0.316 e. The van der Waals surface area contributed by atoms with Crippen molar-refractivity contribution in [2.45, 2.75) is 0 Å². The third-order valence-corrected chi connectivity index (χ3v) is 5.95. The minimum Gasteiger partial charge on any atom is -0.467 e. The van der Waals surface area contributed by atoms with Gasteiger partial charge in [-0.15, -0.1) is 0 Å². The molecule has 0 aliphatic carbocycles. The van der Waals surface area contributed by atoms with E-state index in [0.29, 0.717) is 32.3 Å². The summed E-state index contributed by atoms with van der Waals surface area (Å²) in [6.45, 7) is 0. The first-order valence-electron chi connectivity index (χ1n) is 7.95. The quantitative estimate of drug-likeness (QED) is 0.611. The number of nitrogens with zero attached hydrogens (tertiary/aromatic N) is 3. The number of furan rings is 1. The Morgan fingerprint density at radius 2 is 1.93 bits per heavy atom. The van der Waals surface area contributed by atoms with E-state index in [0.717, 1.165) is 10.6 Å². The molecule has 0 atom stereocenters. The van der Waals surface area contributed by atoms with Gasteiger partial charge in [0.15, 0.2) is 5.76 Å².